The summed E-state index contributed by atoms with van der Waals surface area (Å²) < 4.78 is 5.15. The van der Waals surface area contributed by atoms with E-state index in [1.165, 1.54) is 38.5 Å². The highest BCUT2D eigenvalue weighted by Crippen LogP contribution is 2.10. The molecule has 0 radical (unpaired) electrons. The van der Waals surface area contributed by atoms with Crippen molar-refractivity contribution in [2.24, 2.45) is 0 Å². The summed E-state index contributed by atoms with van der Waals surface area (Å²) in [4.78, 5) is 23.4. The Bertz CT molecular complexity index is 394. The Balaban J connectivity index is 3.51. The summed E-state index contributed by atoms with van der Waals surface area (Å²) in [6.07, 6.45) is 10.7. The molecule has 0 aliphatic heterocycles. The lowest BCUT2D eigenvalue weighted by molar-refractivity contribution is -0.170. The SMILES string of the molecule is CCCCCNCCCCCCCCC(=O)N(O)CCC(=O)OC(C)(C)C. The van der Waals surface area contributed by atoms with E-state index in [0.29, 0.717) is 11.5 Å². The number of esters is 1. The van der Waals surface area contributed by atoms with Gasteiger partial charge in [-0.3, -0.25) is 14.8 Å². The molecule has 0 fully saturated rings. The molecule has 0 aliphatic carbocycles. The number of nitrogens with zero attached hydrogens (tertiary/aromatic N) is 1. The molecule has 0 bridgehead atoms. The highest BCUT2D eigenvalue weighted by atomic mass is 16.6. The van der Waals surface area contributed by atoms with Gasteiger partial charge in [-0.05, 0) is 53.1 Å². The van der Waals surface area contributed by atoms with Crippen LogP contribution in [0.3, 0.4) is 0 Å². The van der Waals surface area contributed by atoms with E-state index in [1.54, 1.807) is 20.8 Å². The number of carbonyl (C=O) groups excluding carboxylic acids is 2. The predicted octanol–water partition coefficient (Wildman–Crippen LogP) is 4.45. The third-order valence-corrected chi connectivity index (χ3v) is 4.19. The fraction of sp³-hybridized carbons (Fsp3) is 0.905. The molecule has 1 amide bonds. The molecule has 27 heavy (non-hydrogen) atoms. The van der Waals surface area contributed by atoms with Gasteiger partial charge in [0.1, 0.15) is 5.60 Å². The van der Waals surface area contributed by atoms with E-state index in [1.807, 2.05) is 0 Å². The summed E-state index contributed by atoms with van der Waals surface area (Å²) in [7, 11) is 0. The zero-order valence-electron chi connectivity index (χ0n) is 18.0. The second-order valence-corrected chi connectivity index (χ2v) is 8.18. The molecule has 6 nitrogen and oxygen atoms in total. The molecule has 0 saturated heterocycles. The molecule has 0 heterocycles. The van der Waals surface area contributed by atoms with Crippen molar-refractivity contribution in [1.29, 1.82) is 0 Å². The largest absolute Gasteiger partial charge is 0.460 e. The monoisotopic (exact) mass is 386 g/mol. The average molecular weight is 387 g/mol. The minimum absolute atomic E-state index is 0.00594. The van der Waals surface area contributed by atoms with Gasteiger partial charge in [0.05, 0.1) is 13.0 Å². The van der Waals surface area contributed by atoms with Crippen LogP contribution in [0.5, 0.6) is 0 Å². The third kappa shape index (κ3) is 18.0. The first-order valence-corrected chi connectivity index (χ1v) is 10.7. The molecule has 0 unspecified atom stereocenters. The van der Waals surface area contributed by atoms with Gasteiger partial charge in [0.25, 0.3) is 0 Å². The predicted molar refractivity (Wildman–Crippen MR) is 109 cm³/mol. The first kappa shape index (κ1) is 25.9. The van der Waals surface area contributed by atoms with Crippen molar-refractivity contribution in [3.63, 3.8) is 0 Å². The fourth-order valence-corrected chi connectivity index (χ4v) is 2.70. The van der Waals surface area contributed by atoms with Crippen molar-refractivity contribution in [3.05, 3.63) is 0 Å². The normalized spacial score (nSPS) is 11.4. The fourth-order valence-electron chi connectivity index (χ4n) is 2.70. The first-order valence-electron chi connectivity index (χ1n) is 10.7. The van der Waals surface area contributed by atoms with Gasteiger partial charge in [0.15, 0.2) is 0 Å². The Labute approximate surface area is 166 Å². The third-order valence-electron chi connectivity index (χ3n) is 4.19. The number of carbonyl (C=O) groups is 2. The van der Waals surface area contributed by atoms with Gasteiger partial charge in [-0.25, -0.2) is 5.06 Å². The van der Waals surface area contributed by atoms with Crippen LogP contribution in [0.15, 0.2) is 0 Å². The van der Waals surface area contributed by atoms with Crippen LogP contribution in [0.4, 0.5) is 0 Å². The van der Waals surface area contributed by atoms with Crippen LogP contribution in [0.2, 0.25) is 0 Å². The lowest BCUT2D eigenvalue weighted by Gasteiger charge is -2.20. The minimum atomic E-state index is -0.549. The Hall–Kier alpha value is -1.14. The van der Waals surface area contributed by atoms with E-state index in [0.717, 1.165) is 32.4 Å². The van der Waals surface area contributed by atoms with E-state index in [4.69, 9.17) is 4.74 Å². The lowest BCUT2D eigenvalue weighted by atomic mass is 10.1. The van der Waals surface area contributed by atoms with Gasteiger partial charge < -0.3 is 10.1 Å². The molecule has 0 spiro atoms. The molecular formula is C21H42N2O4. The smallest absolute Gasteiger partial charge is 0.308 e. The number of rotatable bonds is 16. The molecule has 0 saturated carbocycles. The minimum Gasteiger partial charge on any atom is -0.460 e. The highest BCUT2D eigenvalue weighted by Gasteiger charge is 2.18. The van der Waals surface area contributed by atoms with E-state index >= 15 is 0 Å². The van der Waals surface area contributed by atoms with E-state index in [2.05, 4.69) is 12.2 Å². The maximum atomic E-state index is 11.8. The Morgan fingerprint density at radius 3 is 2.04 bits per heavy atom. The van der Waals surface area contributed by atoms with Crippen LogP contribution in [0, 0.1) is 0 Å². The van der Waals surface area contributed by atoms with Crippen LogP contribution >= 0.6 is 0 Å². The molecule has 0 aromatic rings. The van der Waals surface area contributed by atoms with Gasteiger partial charge in [0, 0.05) is 6.42 Å². The Morgan fingerprint density at radius 1 is 0.889 bits per heavy atom. The number of nitrogens with one attached hydrogen (secondary N) is 1. The van der Waals surface area contributed by atoms with Crippen molar-refractivity contribution in [1.82, 2.24) is 10.4 Å². The summed E-state index contributed by atoms with van der Waals surface area (Å²) in [5, 5.41) is 13.8. The quantitative estimate of drug-likeness (QED) is 0.177. The van der Waals surface area contributed by atoms with Crippen LogP contribution in [0.1, 0.15) is 98.3 Å². The molecule has 0 atom stereocenters. The molecule has 0 rings (SSSR count). The summed E-state index contributed by atoms with van der Waals surface area (Å²) in [5.41, 5.74) is -0.549. The molecule has 0 aromatic heterocycles. The number of hydrogen-bond acceptors (Lipinski definition) is 5. The first-order chi connectivity index (χ1) is 12.8. The standard InChI is InChI=1S/C21H42N2O4/c1-5-6-12-16-22-17-13-10-8-7-9-11-14-19(24)23(26)18-15-20(25)27-21(2,3)4/h22,26H,5-18H2,1-4H3. The van der Waals surface area contributed by atoms with Gasteiger partial charge in [-0.1, -0.05) is 45.4 Å². The van der Waals surface area contributed by atoms with E-state index in [-0.39, 0.29) is 18.9 Å². The van der Waals surface area contributed by atoms with Crippen LogP contribution in [0.25, 0.3) is 0 Å². The second kappa shape index (κ2) is 15.9. The van der Waals surface area contributed by atoms with E-state index < -0.39 is 11.6 Å². The molecule has 0 aliphatic rings. The molecule has 0 aromatic carbocycles. The Kier molecular flexibility index (Phi) is 15.2. The number of amides is 1. The number of hydroxylamine groups is 2. The van der Waals surface area contributed by atoms with Crippen LogP contribution in [-0.2, 0) is 14.3 Å². The van der Waals surface area contributed by atoms with Crippen molar-refractivity contribution >= 4 is 11.9 Å². The number of ether oxygens (including phenoxy) is 1. The highest BCUT2D eigenvalue weighted by molar-refractivity contribution is 5.76. The second-order valence-electron chi connectivity index (χ2n) is 8.18. The van der Waals surface area contributed by atoms with E-state index in [9.17, 15) is 14.8 Å². The summed E-state index contributed by atoms with van der Waals surface area (Å²) in [6.45, 7) is 9.79. The number of hydrogen-bond donors (Lipinski definition) is 2. The van der Waals surface area contributed by atoms with Crippen LogP contribution < -0.4 is 5.32 Å². The summed E-state index contributed by atoms with van der Waals surface area (Å²) >= 11 is 0. The maximum absolute atomic E-state index is 11.8. The van der Waals surface area contributed by atoms with Crippen LogP contribution in [-0.4, -0.2) is 47.4 Å². The molecule has 2 N–H and O–H groups in total. The molecular weight excluding hydrogens is 344 g/mol. The summed E-state index contributed by atoms with van der Waals surface area (Å²) in [6, 6.07) is 0. The van der Waals surface area contributed by atoms with Crippen molar-refractivity contribution < 1.29 is 19.5 Å². The molecule has 160 valence electrons. The average Bonchev–Trinajstić information content (AvgIpc) is 2.59. The maximum Gasteiger partial charge on any atom is 0.308 e. The number of unbranched alkanes of at least 4 members (excludes halogenated alkanes) is 7. The van der Waals surface area contributed by atoms with Crippen molar-refractivity contribution in [2.75, 3.05) is 19.6 Å². The zero-order valence-corrected chi connectivity index (χ0v) is 18.0. The van der Waals surface area contributed by atoms with Gasteiger partial charge in [-0.15, -0.1) is 0 Å². The van der Waals surface area contributed by atoms with Crippen molar-refractivity contribution in [3.8, 4) is 0 Å². The van der Waals surface area contributed by atoms with Gasteiger partial charge in [-0.2, -0.15) is 0 Å². The Morgan fingerprint density at radius 2 is 1.44 bits per heavy atom. The summed E-state index contributed by atoms with van der Waals surface area (Å²) in [5.74, 6) is -0.732. The topological polar surface area (TPSA) is 78.9 Å². The van der Waals surface area contributed by atoms with Gasteiger partial charge in [0.2, 0.25) is 5.91 Å². The zero-order chi connectivity index (χ0) is 20.5. The molecule has 6 heteroatoms. The lowest BCUT2D eigenvalue weighted by Crippen LogP contribution is -2.31. The van der Waals surface area contributed by atoms with Crippen molar-refractivity contribution in [2.45, 2.75) is 104 Å². The van der Waals surface area contributed by atoms with Gasteiger partial charge >= 0.3 is 5.97 Å².